The van der Waals surface area contributed by atoms with Gasteiger partial charge in [0.05, 0.1) is 10.6 Å². The molecule has 0 spiro atoms. The Morgan fingerprint density at radius 3 is 2.38 bits per heavy atom. The predicted molar refractivity (Wildman–Crippen MR) is 79.7 cm³/mol. The Labute approximate surface area is 126 Å². The van der Waals surface area contributed by atoms with Crippen LogP contribution >= 0.6 is 11.6 Å². The second-order valence-corrected chi connectivity index (χ2v) is 5.32. The van der Waals surface area contributed by atoms with Gasteiger partial charge < -0.3 is 5.32 Å². The van der Waals surface area contributed by atoms with Crippen molar-refractivity contribution in [2.45, 2.75) is 26.1 Å². The number of aryl methyl sites for hydroxylation is 1. The molecule has 2 rings (SSSR count). The van der Waals surface area contributed by atoms with Gasteiger partial charge >= 0.3 is 6.18 Å². The third kappa shape index (κ3) is 3.70. The van der Waals surface area contributed by atoms with Crippen molar-refractivity contribution in [3.63, 3.8) is 0 Å². The quantitative estimate of drug-likeness (QED) is 0.750. The zero-order chi connectivity index (χ0) is 15.6. The summed E-state index contributed by atoms with van der Waals surface area (Å²) in [7, 11) is 0. The second-order valence-electron chi connectivity index (χ2n) is 4.91. The molecule has 0 aromatic heterocycles. The summed E-state index contributed by atoms with van der Waals surface area (Å²) in [6, 6.07) is 11.5. The summed E-state index contributed by atoms with van der Waals surface area (Å²) in [5.41, 5.74) is 1.69. The van der Waals surface area contributed by atoms with Gasteiger partial charge in [-0.2, -0.15) is 13.2 Å². The summed E-state index contributed by atoms with van der Waals surface area (Å²) >= 11 is 5.61. The maximum absolute atomic E-state index is 12.8. The molecule has 1 atom stereocenters. The third-order valence-corrected chi connectivity index (χ3v) is 3.64. The van der Waals surface area contributed by atoms with Crippen LogP contribution in [0.2, 0.25) is 5.02 Å². The van der Waals surface area contributed by atoms with Gasteiger partial charge in [-0.3, -0.25) is 0 Å². The van der Waals surface area contributed by atoms with E-state index in [9.17, 15) is 13.2 Å². The highest BCUT2D eigenvalue weighted by molar-refractivity contribution is 6.31. The smallest absolute Gasteiger partial charge is 0.378 e. The van der Waals surface area contributed by atoms with Crippen LogP contribution in [-0.2, 0) is 6.18 Å². The first kappa shape index (κ1) is 15.7. The number of anilines is 1. The van der Waals surface area contributed by atoms with Gasteiger partial charge in [0.1, 0.15) is 0 Å². The molecule has 0 aliphatic heterocycles. The Balaban J connectivity index is 2.26. The van der Waals surface area contributed by atoms with E-state index in [1.165, 1.54) is 6.07 Å². The lowest BCUT2D eigenvalue weighted by Crippen LogP contribution is -2.10. The van der Waals surface area contributed by atoms with E-state index in [1.807, 2.05) is 38.1 Å². The third-order valence-electron chi connectivity index (χ3n) is 3.31. The summed E-state index contributed by atoms with van der Waals surface area (Å²) in [6.45, 7) is 3.88. The number of halogens is 4. The van der Waals surface area contributed by atoms with E-state index in [2.05, 4.69) is 5.32 Å². The van der Waals surface area contributed by atoms with Gasteiger partial charge in [0.2, 0.25) is 0 Å². The number of benzene rings is 2. The lowest BCUT2D eigenvalue weighted by Gasteiger charge is -2.19. The molecule has 21 heavy (non-hydrogen) atoms. The van der Waals surface area contributed by atoms with Crippen LogP contribution in [0.25, 0.3) is 0 Å². The van der Waals surface area contributed by atoms with Gasteiger partial charge in [0, 0.05) is 11.7 Å². The molecular formula is C16H15ClF3N. The summed E-state index contributed by atoms with van der Waals surface area (Å²) in [4.78, 5) is 0. The van der Waals surface area contributed by atoms with Crippen molar-refractivity contribution in [1.29, 1.82) is 0 Å². The molecule has 1 N–H and O–H groups in total. The van der Waals surface area contributed by atoms with Crippen molar-refractivity contribution in [3.8, 4) is 0 Å². The fourth-order valence-corrected chi connectivity index (χ4v) is 2.46. The molecule has 0 bridgehead atoms. The second kappa shape index (κ2) is 5.98. The minimum Gasteiger partial charge on any atom is -0.378 e. The fourth-order valence-electron chi connectivity index (χ4n) is 2.23. The standard InChI is InChI=1S/C16H15ClF3N/c1-10-5-3-4-6-13(10)11(2)21-12-7-8-15(17)14(9-12)16(18,19)20/h3-9,11,21H,1-2H3. The maximum Gasteiger partial charge on any atom is 0.417 e. The Morgan fingerprint density at radius 1 is 1.10 bits per heavy atom. The Hall–Kier alpha value is -1.68. The SMILES string of the molecule is Cc1ccccc1C(C)Nc1ccc(Cl)c(C(F)(F)F)c1. The van der Waals surface area contributed by atoms with Crippen LogP contribution in [0.15, 0.2) is 42.5 Å². The molecular weight excluding hydrogens is 299 g/mol. The lowest BCUT2D eigenvalue weighted by atomic mass is 10.0. The van der Waals surface area contributed by atoms with Gasteiger partial charge in [-0.25, -0.2) is 0 Å². The summed E-state index contributed by atoms with van der Waals surface area (Å²) in [6.07, 6.45) is -4.46. The van der Waals surface area contributed by atoms with Crippen LogP contribution in [0.5, 0.6) is 0 Å². The number of rotatable bonds is 3. The highest BCUT2D eigenvalue weighted by atomic mass is 35.5. The highest BCUT2D eigenvalue weighted by Crippen LogP contribution is 2.36. The number of nitrogens with one attached hydrogen (secondary N) is 1. The first-order chi connectivity index (χ1) is 9.79. The topological polar surface area (TPSA) is 12.0 Å². The van der Waals surface area contributed by atoms with Crippen molar-refractivity contribution < 1.29 is 13.2 Å². The van der Waals surface area contributed by atoms with Crippen molar-refractivity contribution in [2.75, 3.05) is 5.32 Å². The number of hydrogen-bond donors (Lipinski definition) is 1. The van der Waals surface area contributed by atoms with Crippen molar-refractivity contribution in [1.82, 2.24) is 0 Å². The summed E-state index contributed by atoms with van der Waals surface area (Å²) < 4.78 is 38.5. The maximum atomic E-state index is 12.8. The van der Waals surface area contributed by atoms with E-state index < -0.39 is 11.7 Å². The molecule has 0 amide bonds. The normalized spacial score (nSPS) is 13.0. The van der Waals surface area contributed by atoms with Crippen molar-refractivity contribution in [3.05, 3.63) is 64.2 Å². The molecule has 112 valence electrons. The average Bonchev–Trinajstić information content (AvgIpc) is 2.40. The Morgan fingerprint density at radius 2 is 1.76 bits per heavy atom. The zero-order valence-corrected chi connectivity index (χ0v) is 12.4. The predicted octanol–water partition coefficient (Wildman–Crippen LogP) is 5.84. The molecule has 1 unspecified atom stereocenters. The molecule has 0 aliphatic carbocycles. The Bertz CT molecular complexity index is 638. The van der Waals surface area contributed by atoms with Crippen LogP contribution in [0.4, 0.5) is 18.9 Å². The first-order valence-electron chi connectivity index (χ1n) is 6.48. The molecule has 0 heterocycles. The van der Waals surface area contributed by atoms with Gasteiger partial charge in [-0.1, -0.05) is 35.9 Å². The number of alkyl halides is 3. The molecule has 1 nitrogen and oxygen atoms in total. The molecule has 0 saturated heterocycles. The van der Waals surface area contributed by atoms with Gasteiger partial charge in [0.15, 0.2) is 0 Å². The van der Waals surface area contributed by atoms with Crippen LogP contribution in [0.3, 0.4) is 0 Å². The molecule has 0 saturated carbocycles. The van der Waals surface area contributed by atoms with E-state index in [-0.39, 0.29) is 11.1 Å². The molecule has 2 aromatic carbocycles. The van der Waals surface area contributed by atoms with E-state index in [0.29, 0.717) is 5.69 Å². The molecule has 2 aromatic rings. The van der Waals surface area contributed by atoms with Crippen LogP contribution in [0.1, 0.15) is 29.7 Å². The van der Waals surface area contributed by atoms with Gasteiger partial charge in [-0.05, 0) is 43.2 Å². The van der Waals surface area contributed by atoms with Gasteiger partial charge in [-0.15, -0.1) is 0 Å². The van der Waals surface area contributed by atoms with Crippen LogP contribution in [0, 0.1) is 6.92 Å². The number of hydrogen-bond acceptors (Lipinski definition) is 1. The van der Waals surface area contributed by atoms with Crippen molar-refractivity contribution >= 4 is 17.3 Å². The molecule has 0 aliphatic rings. The molecule has 5 heteroatoms. The molecule has 0 fully saturated rings. The minimum atomic E-state index is -4.46. The van der Waals surface area contributed by atoms with E-state index >= 15 is 0 Å². The summed E-state index contributed by atoms with van der Waals surface area (Å²) in [5.74, 6) is 0. The zero-order valence-electron chi connectivity index (χ0n) is 11.6. The first-order valence-corrected chi connectivity index (χ1v) is 6.85. The van der Waals surface area contributed by atoms with Gasteiger partial charge in [0.25, 0.3) is 0 Å². The van der Waals surface area contributed by atoms with E-state index in [0.717, 1.165) is 17.2 Å². The fraction of sp³-hybridized carbons (Fsp3) is 0.250. The largest absolute Gasteiger partial charge is 0.417 e. The van der Waals surface area contributed by atoms with Crippen LogP contribution < -0.4 is 5.32 Å². The highest BCUT2D eigenvalue weighted by Gasteiger charge is 2.33. The summed E-state index contributed by atoms with van der Waals surface area (Å²) in [5, 5.41) is 2.79. The lowest BCUT2D eigenvalue weighted by molar-refractivity contribution is -0.137. The monoisotopic (exact) mass is 313 g/mol. The van der Waals surface area contributed by atoms with E-state index in [1.54, 1.807) is 6.07 Å². The molecule has 0 radical (unpaired) electrons. The van der Waals surface area contributed by atoms with Crippen LogP contribution in [-0.4, -0.2) is 0 Å². The average molecular weight is 314 g/mol. The Kier molecular flexibility index (Phi) is 4.47. The van der Waals surface area contributed by atoms with Crippen molar-refractivity contribution in [2.24, 2.45) is 0 Å². The van der Waals surface area contributed by atoms with E-state index in [4.69, 9.17) is 11.6 Å². The minimum absolute atomic E-state index is 0.103.